The number of carbonyl (C=O) groups is 1. The molecule has 0 aliphatic carbocycles. The normalized spacial score (nSPS) is 12.3. The predicted octanol–water partition coefficient (Wildman–Crippen LogP) is 5.34. The molecule has 0 unspecified atom stereocenters. The molecule has 116 valence electrons. The number of hydrogen-bond acceptors (Lipinski definition) is 1. The Kier molecular flexibility index (Phi) is 5.25. The van der Waals surface area contributed by atoms with Gasteiger partial charge in [0.25, 0.3) is 0 Å². The molecule has 0 aromatic heterocycles. The van der Waals surface area contributed by atoms with E-state index in [1.165, 1.54) is 0 Å². The minimum absolute atomic E-state index is 0.0195. The van der Waals surface area contributed by atoms with Crippen LogP contribution >= 0.6 is 11.6 Å². The molecule has 0 saturated carbocycles. The molecule has 0 heterocycles. The van der Waals surface area contributed by atoms with E-state index in [1.54, 1.807) is 0 Å². The van der Waals surface area contributed by atoms with Crippen LogP contribution in [0.25, 0.3) is 0 Å². The van der Waals surface area contributed by atoms with Crippen LogP contribution in [-0.2, 0) is 4.79 Å². The van der Waals surface area contributed by atoms with Crippen LogP contribution in [0.3, 0.4) is 0 Å². The number of anilines is 1. The molecule has 1 amide bonds. The molecule has 0 radical (unpaired) electrons. The van der Waals surface area contributed by atoms with Crippen LogP contribution in [-0.4, -0.2) is 5.91 Å². The third-order valence-corrected chi connectivity index (χ3v) is 4.08. The van der Waals surface area contributed by atoms with E-state index in [0.717, 1.165) is 22.4 Å². The van der Waals surface area contributed by atoms with Crippen LogP contribution in [0.15, 0.2) is 42.5 Å². The molecule has 0 saturated heterocycles. The van der Waals surface area contributed by atoms with Gasteiger partial charge in [-0.1, -0.05) is 49.7 Å². The van der Waals surface area contributed by atoms with E-state index in [2.05, 4.69) is 19.2 Å². The van der Waals surface area contributed by atoms with Gasteiger partial charge in [-0.3, -0.25) is 4.79 Å². The molecule has 0 aliphatic rings. The van der Waals surface area contributed by atoms with Crippen molar-refractivity contribution in [3.05, 3.63) is 64.2 Å². The highest BCUT2D eigenvalue weighted by atomic mass is 35.5. The number of nitrogens with one attached hydrogen (secondary N) is 1. The largest absolute Gasteiger partial charge is 0.325 e. The minimum atomic E-state index is -0.197. The standard InChI is InChI=1S/C19H22ClNO/c1-12(2)18(15-7-9-16(20)10-8-15)19(22)21-17-11-13(3)5-6-14(17)4/h5-12,18H,1-4H3,(H,21,22)/t18-/m1/s1. The number of hydrogen-bond donors (Lipinski definition) is 1. The highest BCUT2D eigenvalue weighted by molar-refractivity contribution is 6.30. The molecule has 2 aromatic carbocycles. The average Bonchev–Trinajstić information content (AvgIpc) is 2.45. The van der Waals surface area contributed by atoms with E-state index in [-0.39, 0.29) is 17.7 Å². The van der Waals surface area contributed by atoms with Crippen molar-refractivity contribution in [2.24, 2.45) is 5.92 Å². The summed E-state index contributed by atoms with van der Waals surface area (Å²) in [4.78, 5) is 12.8. The van der Waals surface area contributed by atoms with Crippen molar-refractivity contribution in [3.8, 4) is 0 Å². The lowest BCUT2D eigenvalue weighted by Crippen LogP contribution is -2.25. The number of amides is 1. The summed E-state index contributed by atoms with van der Waals surface area (Å²) in [5.74, 6) is 0.0227. The molecule has 2 rings (SSSR count). The van der Waals surface area contributed by atoms with Crippen LogP contribution in [0, 0.1) is 19.8 Å². The molecule has 0 aliphatic heterocycles. The molecule has 1 atom stereocenters. The van der Waals surface area contributed by atoms with Crippen LogP contribution in [0.1, 0.15) is 36.5 Å². The Balaban J connectivity index is 2.27. The molecular weight excluding hydrogens is 294 g/mol. The van der Waals surface area contributed by atoms with Gasteiger partial charge in [0, 0.05) is 10.7 Å². The van der Waals surface area contributed by atoms with Crippen molar-refractivity contribution in [1.29, 1.82) is 0 Å². The first-order valence-corrected chi connectivity index (χ1v) is 7.90. The molecule has 0 fully saturated rings. The van der Waals surface area contributed by atoms with Gasteiger partial charge in [0.2, 0.25) is 5.91 Å². The quantitative estimate of drug-likeness (QED) is 0.811. The van der Waals surface area contributed by atoms with Crippen molar-refractivity contribution in [3.63, 3.8) is 0 Å². The van der Waals surface area contributed by atoms with E-state index in [1.807, 2.05) is 56.3 Å². The molecule has 2 aromatic rings. The third-order valence-electron chi connectivity index (χ3n) is 3.83. The van der Waals surface area contributed by atoms with E-state index in [9.17, 15) is 4.79 Å². The van der Waals surface area contributed by atoms with Gasteiger partial charge in [0.05, 0.1) is 5.92 Å². The summed E-state index contributed by atoms with van der Waals surface area (Å²) >= 11 is 5.94. The molecule has 0 bridgehead atoms. The van der Waals surface area contributed by atoms with Crippen LogP contribution in [0.5, 0.6) is 0 Å². The molecule has 1 N–H and O–H groups in total. The first-order chi connectivity index (χ1) is 10.4. The van der Waals surface area contributed by atoms with Crippen LogP contribution in [0.2, 0.25) is 5.02 Å². The zero-order valence-electron chi connectivity index (χ0n) is 13.5. The third kappa shape index (κ3) is 3.89. The first kappa shape index (κ1) is 16.6. The van der Waals surface area contributed by atoms with Crippen molar-refractivity contribution in [2.75, 3.05) is 5.32 Å². The fraction of sp³-hybridized carbons (Fsp3) is 0.316. The van der Waals surface area contributed by atoms with Gasteiger partial charge in [-0.25, -0.2) is 0 Å². The number of aryl methyl sites for hydroxylation is 2. The maximum atomic E-state index is 12.8. The van der Waals surface area contributed by atoms with E-state index in [4.69, 9.17) is 11.6 Å². The maximum absolute atomic E-state index is 12.8. The molecule has 0 spiro atoms. The topological polar surface area (TPSA) is 29.1 Å². The van der Waals surface area contributed by atoms with Crippen molar-refractivity contribution < 1.29 is 4.79 Å². The number of halogens is 1. The van der Waals surface area contributed by atoms with Crippen LogP contribution in [0.4, 0.5) is 5.69 Å². The Morgan fingerprint density at radius 3 is 2.27 bits per heavy atom. The lowest BCUT2D eigenvalue weighted by atomic mass is 9.87. The number of rotatable bonds is 4. The molecule has 22 heavy (non-hydrogen) atoms. The monoisotopic (exact) mass is 315 g/mol. The Hall–Kier alpha value is -1.80. The summed E-state index contributed by atoms with van der Waals surface area (Å²) in [6, 6.07) is 13.6. The average molecular weight is 316 g/mol. The van der Waals surface area contributed by atoms with Crippen molar-refractivity contribution >= 4 is 23.2 Å². The Bertz CT molecular complexity index is 662. The van der Waals surface area contributed by atoms with Gasteiger partial charge in [-0.05, 0) is 54.7 Å². The summed E-state index contributed by atoms with van der Waals surface area (Å²) in [6.07, 6.45) is 0. The van der Waals surface area contributed by atoms with E-state index < -0.39 is 0 Å². The molecule has 2 nitrogen and oxygen atoms in total. The highest BCUT2D eigenvalue weighted by Gasteiger charge is 2.24. The summed E-state index contributed by atoms with van der Waals surface area (Å²) in [5.41, 5.74) is 4.07. The summed E-state index contributed by atoms with van der Waals surface area (Å²) in [5, 5.41) is 3.76. The fourth-order valence-electron chi connectivity index (χ4n) is 2.59. The smallest absolute Gasteiger partial charge is 0.232 e. The summed E-state index contributed by atoms with van der Waals surface area (Å²) in [7, 11) is 0. The fourth-order valence-corrected chi connectivity index (χ4v) is 2.72. The van der Waals surface area contributed by atoms with Gasteiger partial charge in [-0.2, -0.15) is 0 Å². The van der Waals surface area contributed by atoms with Crippen molar-refractivity contribution in [1.82, 2.24) is 0 Å². The zero-order chi connectivity index (χ0) is 16.3. The predicted molar refractivity (Wildman–Crippen MR) is 93.6 cm³/mol. The van der Waals surface area contributed by atoms with E-state index >= 15 is 0 Å². The molecular formula is C19H22ClNO. The second-order valence-corrected chi connectivity index (χ2v) is 6.52. The second-order valence-electron chi connectivity index (χ2n) is 6.08. The number of carbonyl (C=O) groups excluding carboxylic acids is 1. The zero-order valence-corrected chi connectivity index (χ0v) is 14.2. The lowest BCUT2D eigenvalue weighted by molar-refractivity contribution is -0.118. The van der Waals surface area contributed by atoms with Gasteiger partial charge in [0.1, 0.15) is 0 Å². The summed E-state index contributed by atoms with van der Waals surface area (Å²) in [6.45, 7) is 8.14. The SMILES string of the molecule is Cc1ccc(C)c(NC(=O)[C@@H](c2ccc(Cl)cc2)C(C)C)c1. The second kappa shape index (κ2) is 6.97. The van der Waals surface area contributed by atoms with Crippen molar-refractivity contribution in [2.45, 2.75) is 33.6 Å². The Morgan fingerprint density at radius 2 is 1.68 bits per heavy atom. The summed E-state index contributed by atoms with van der Waals surface area (Å²) < 4.78 is 0. The van der Waals surface area contributed by atoms with Gasteiger partial charge < -0.3 is 5.32 Å². The number of benzene rings is 2. The van der Waals surface area contributed by atoms with Crippen LogP contribution < -0.4 is 5.32 Å². The Labute approximate surface area is 137 Å². The maximum Gasteiger partial charge on any atom is 0.232 e. The minimum Gasteiger partial charge on any atom is -0.325 e. The van der Waals surface area contributed by atoms with Gasteiger partial charge in [0.15, 0.2) is 0 Å². The first-order valence-electron chi connectivity index (χ1n) is 7.52. The van der Waals surface area contributed by atoms with Gasteiger partial charge in [-0.15, -0.1) is 0 Å². The molecule has 3 heteroatoms. The highest BCUT2D eigenvalue weighted by Crippen LogP contribution is 2.28. The Morgan fingerprint density at radius 1 is 1.05 bits per heavy atom. The van der Waals surface area contributed by atoms with E-state index in [0.29, 0.717) is 5.02 Å². The van der Waals surface area contributed by atoms with Gasteiger partial charge >= 0.3 is 0 Å². The lowest BCUT2D eigenvalue weighted by Gasteiger charge is -2.21.